The molecule has 0 N–H and O–H groups in total. The summed E-state index contributed by atoms with van der Waals surface area (Å²) in [4.78, 5) is 29.9. The van der Waals surface area contributed by atoms with Crippen molar-refractivity contribution in [2.45, 2.75) is 31.2 Å². The molecule has 0 atom stereocenters. The van der Waals surface area contributed by atoms with E-state index in [0.29, 0.717) is 25.7 Å². The standard InChI is InChI=1S/C12H12N2O2/c15-9-14-12(6-4-10(16)5-7-12)11-3-1-2-8-13-11/h1-3,8H,4-7H2. The first kappa shape index (κ1) is 10.7. The van der Waals surface area contributed by atoms with Crippen molar-refractivity contribution < 1.29 is 9.59 Å². The van der Waals surface area contributed by atoms with Gasteiger partial charge < -0.3 is 0 Å². The molecule has 0 amide bonds. The summed E-state index contributed by atoms with van der Waals surface area (Å²) in [6.07, 6.45) is 5.32. The Labute approximate surface area is 93.4 Å². The number of ketones is 1. The summed E-state index contributed by atoms with van der Waals surface area (Å²) in [7, 11) is 0. The van der Waals surface area contributed by atoms with Crippen LogP contribution < -0.4 is 0 Å². The normalized spacial score (nSPS) is 18.9. The molecule has 1 fully saturated rings. The van der Waals surface area contributed by atoms with Gasteiger partial charge in [-0.05, 0) is 25.0 Å². The van der Waals surface area contributed by atoms with Gasteiger partial charge in [-0.2, -0.15) is 4.99 Å². The number of hydrogen-bond acceptors (Lipinski definition) is 4. The number of carbonyl (C=O) groups excluding carboxylic acids is 2. The first-order valence-electron chi connectivity index (χ1n) is 5.29. The van der Waals surface area contributed by atoms with Crippen LogP contribution in [0.2, 0.25) is 0 Å². The molecule has 1 aliphatic carbocycles. The van der Waals surface area contributed by atoms with Crippen molar-refractivity contribution in [2.24, 2.45) is 4.99 Å². The van der Waals surface area contributed by atoms with Crippen molar-refractivity contribution in [3.63, 3.8) is 0 Å². The van der Waals surface area contributed by atoms with Crippen molar-refractivity contribution in [2.75, 3.05) is 0 Å². The summed E-state index contributed by atoms with van der Waals surface area (Å²) in [5.41, 5.74) is 0.127. The number of rotatable bonds is 2. The molecule has 1 aromatic rings. The van der Waals surface area contributed by atoms with Crippen LogP contribution in [-0.4, -0.2) is 16.8 Å². The smallest absolute Gasteiger partial charge is 0.235 e. The molecule has 2 rings (SSSR count). The van der Waals surface area contributed by atoms with Crippen LogP contribution in [0.15, 0.2) is 29.4 Å². The number of carbonyl (C=O) groups is 1. The quantitative estimate of drug-likeness (QED) is 0.559. The second-order valence-electron chi connectivity index (χ2n) is 3.99. The van der Waals surface area contributed by atoms with Gasteiger partial charge in [0.05, 0.1) is 5.69 Å². The van der Waals surface area contributed by atoms with Gasteiger partial charge in [0.2, 0.25) is 6.08 Å². The van der Waals surface area contributed by atoms with E-state index in [1.165, 1.54) is 0 Å². The minimum absolute atomic E-state index is 0.229. The second kappa shape index (κ2) is 4.37. The number of hydrogen-bond donors (Lipinski definition) is 0. The fourth-order valence-corrected chi connectivity index (χ4v) is 2.09. The summed E-state index contributed by atoms with van der Waals surface area (Å²) < 4.78 is 0. The highest BCUT2D eigenvalue weighted by atomic mass is 16.1. The van der Waals surface area contributed by atoms with Crippen LogP contribution in [0.4, 0.5) is 0 Å². The first-order valence-corrected chi connectivity index (χ1v) is 5.29. The molecule has 0 unspecified atom stereocenters. The molecule has 1 heterocycles. The monoisotopic (exact) mass is 216 g/mol. The van der Waals surface area contributed by atoms with E-state index in [-0.39, 0.29) is 5.78 Å². The summed E-state index contributed by atoms with van der Waals surface area (Å²) in [5.74, 6) is 0.229. The molecule has 0 saturated heterocycles. The van der Waals surface area contributed by atoms with Crippen LogP contribution in [0.3, 0.4) is 0 Å². The summed E-state index contributed by atoms with van der Waals surface area (Å²) in [6.45, 7) is 0. The Morgan fingerprint density at radius 1 is 1.31 bits per heavy atom. The number of pyridine rings is 1. The van der Waals surface area contributed by atoms with Crippen molar-refractivity contribution in [1.29, 1.82) is 0 Å². The maximum atomic E-state index is 11.2. The molecule has 1 aliphatic rings. The number of nitrogens with zero attached hydrogens (tertiary/aromatic N) is 2. The molecule has 4 nitrogen and oxygen atoms in total. The number of Topliss-reactive ketones (excluding diaryl/α,β-unsaturated/α-hetero) is 1. The maximum Gasteiger partial charge on any atom is 0.235 e. The van der Waals surface area contributed by atoms with E-state index in [9.17, 15) is 9.59 Å². The predicted octanol–water partition coefficient (Wildman–Crippen LogP) is 1.76. The highest BCUT2D eigenvalue weighted by Crippen LogP contribution is 2.38. The first-order chi connectivity index (χ1) is 7.77. The van der Waals surface area contributed by atoms with Crippen LogP contribution >= 0.6 is 0 Å². The van der Waals surface area contributed by atoms with E-state index in [1.807, 2.05) is 18.2 Å². The lowest BCUT2D eigenvalue weighted by Crippen LogP contribution is -2.30. The van der Waals surface area contributed by atoms with E-state index < -0.39 is 5.54 Å². The van der Waals surface area contributed by atoms with Crippen molar-refractivity contribution in [3.8, 4) is 0 Å². The third-order valence-corrected chi connectivity index (χ3v) is 3.04. The van der Waals surface area contributed by atoms with E-state index >= 15 is 0 Å². The zero-order valence-electron chi connectivity index (χ0n) is 8.85. The van der Waals surface area contributed by atoms with Gasteiger partial charge in [-0.3, -0.25) is 9.78 Å². The van der Waals surface area contributed by atoms with E-state index in [2.05, 4.69) is 9.98 Å². The fraction of sp³-hybridized carbons (Fsp3) is 0.417. The van der Waals surface area contributed by atoms with Crippen LogP contribution in [0.25, 0.3) is 0 Å². The van der Waals surface area contributed by atoms with Gasteiger partial charge in [-0.25, -0.2) is 4.79 Å². The van der Waals surface area contributed by atoms with Gasteiger partial charge in [0.15, 0.2) is 0 Å². The van der Waals surface area contributed by atoms with E-state index in [1.54, 1.807) is 12.3 Å². The molecular formula is C12H12N2O2. The number of aliphatic imine (C=N–C) groups is 1. The van der Waals surface area contributed by atoms with E-state index in [0.717, 1.165) is 5.69 Å². The third-order valence-electron chi connectivity index (χ3n) is 3.04. The Bertz CT molecular complexity index is 426. The van der Waals surface area contributed by atoms with Gasteiger partial charge in [0.1, 0.15) is 11.3 Å². The molecule has 82 valence electrons. The summed E-state index contributed by atoms with van der Waals surface area (Å²) in [6, 6.07) is 5.52. The van der Waals surface area contributed by atoms with Gasteiger partial charge in [0, 0.05) is 19.0 Å². The Hall–Kier alpha value is -1.80. The zero-order chi connectivity index (χ0) is 11.4. The van der Waals surface area contributed by atoms with Crippen molar-refractivity contribution in [1.82, 2.24) is 4.98 Å². The average molecular weight is 216 g/mol. The Morgan fingerprint density at radius 2 is 2.06 bits per heavy atom. The molecule has 1 saturated carbocycles. The molecule has 4 heteroatoms. The molecule has 16 heavy (non-hydrogen) atoms. The number of aromatic nitrogens is 1. The molecule has 0 radical (unpaired) electrons. The lowest BCUT2D eigenvalue weighted by atomic mass is 9.79. The van der Waals surface area contributed by atoms with Gasteiger partial charge in [-0.15, -0.1) is 0 Å². The highest BCUT2D eigenvalue weighted by molar-refractivity contribution is 5.79. The Kier molecular flexibility index (Phi) is 2.93. The van der Waals surface area contributed by atoms with Gasteiger partial charge >= 0.3 is 0 Å². The van der Waals surface area contributed by atoms with Crippen LogP contribution in [0.5, 0.6) is 0 Å². The summed E-state index contributed by atoms with van der Waals surface area (Å²) in [5, 5.41) is 0. The minimum atomic E-state index is -0.628. The molecule has 1 aromatic heterocycles. The molecule has 0 aromatic carbocycles. The molecule has 0 spiro atoms. The number of isocyanates is 1. The lowest BCUT2D eigenvalue weighted by molar-refractivity contribution is -0.121. The third kappa shape index (κ3) is 1.92. The highest BCUT2D eigenvalue weighted by Gasteiger charge is 2.37. The van der Waals surface area contributed by atoms with Crippen molar-refractivity contribution in [3.05, 3.63) is 30.1 Å². The average Bonchev–Trinajstić information content (AvgIpc) is 2.34. The predicted molar refractivity (Wildman–Crippen MR) is 57.5 cm³/mol. The second-order valence-corrected chi connectivity index (χ2v) is 3.99. The SMILES string of the molecule is O=C=NC1(c2ccccn2)CCC(=O)CC1. The topological polar surface area (TPSA) is 59.4 Å². The Balaban J connectivity index is 2.37. The van der Waals surface area contributed by atoms with Gasteiger partial charge in [0.25, 0.3) is 0 Å². The summed E-state index contributed by atoms with van der Waals surface area (Å²) >= 11 is 0. The fourth-order valence-electron chi connectivity index (χ4n) is 2.09. The maximum absolute atomic E-state index is 11.2. The Morgan fingerprint density at radius 3 is 2.62 bits per heavy atom. The molecule has 0 aliphatic heterocycles. The van der Waals surface area contributed by atoms with Crippen LogP contribution in [0, 0.1) is 0 Å². The lowest BCUT2D eigenvalue weighted by Gasteiger charge is -2.30. The van der Waals surface area contributed by atoms with Crippen molar-refractivity contribution >= 4 is 11.9 Å². The minimum Gasteiger partial charge on any atom is -0.300 e. The van der Waals surface area contributed by atoms with Crippen LogP contribution in [0.1, 0.15) is 31.4 Å². The molecular weight excluding hydrogens is 204 g/mol. The molecule has 0 bridgehead atoms. The largest absolute Gasteiger partial charge is 0.300 e. The van der Waals surface area contributed by atoms with Crippen LogP contribution in [-0.2, 0) is 15.1 Å². The van der Waals surface area contributed by atoms with E-state index in [4.69, 9.17) is 0 Å². The van der Waals surface area contributed by atoms with Gasteiger partial charge in [-0.1, -0.05) is 6.07 Å². The zero-order valence-corrected chi connectivity index (χ0v) is 8.85.